The number of nitrogens with zero attached hydrogens (tertiary/aromatic N) is 2. The van der Waals surface area contributed by atoms with E-state index >= 15 is 0 Å². The highest BCUT2D eigenvalue weighted by Crippen LogP contribution is 2.32. The van der Waals surface area contributed by atoms with Crippen LogP contribution in [-0.2, 0) is 11.2 Å². The summed E-state index contributed by atoms with van der Waals surface area (Å²) in [5.41, 5.74) is 9.27. The van der Waals surface area contributed by atoms with E-state index in [4.69, 9.17) is 21.3 Å². The lowest BCUT2D eigenvalue weighted by Crippen LogP contribution is -2.40. The molecule has 0 aliphatic carbocycles. The Bertz CT molecular complexity index is 1090. The quantitative estimate of drug-likeness (QED) is 0.464. The second-order valence-corrected chi connectivity index (χ2v) is 8.63. The molecule has 172 valence electrons. The fourth-order valence-electron chi connectivity index (χ4n) is 4.42. The standard InChI is InChI=1S/C26H31N5O2/c1-18(27)30-14-11-22(12-15-30)33-23-8-9-24-20(17-23)7-10-25(32)31(24)13-3-5-19-4-2-6-21(16-19)26(28)29/h2-6,8-9,16-17,22,27H,7,10-15H2,1H3,(H3,28,29)/b5-3-,27-18?. The number of ether oxygens (including phenoxy) is 1. The number of hydrogen-bond donors (Lipinski definition) is 3. The van der Waals surface area contributed by atoms with Crippen molar-refractivity contribution in [1.82, 2.24) is 4.90 Å². The van der Waals surface area contributed by atoms with Crippen LogP contribution in [0.1, 0.15) is 42.9 Å². The fourth-order valence-corrected chi connectivity index (χ4v) is 4.42. The molecule has 2 aliphatic rings. The Morgan fingerprint density at radius 1 is 1.15 bits per heavy atom. The normalized spacial score (nSPS) is 16.7. The molecule has 7 heteroatoms. The van der Waals surface area contributed by atoms with Crippen LogP contribution in [0.15, 0.2) is 48.5 Å². The first-order valence-electron chi connectivity index (χ1n) is 11.4. The molecule has 0 unspecified atom stereocenters. The third kappa shape index (κ3) is 5.42. The van der Waals surface area contributed by atoms with Gasteiger partial charge < -0.3 is 20.3 Å². The van der Waals surface area contributed by atoms with E-state index in [0.29, 0.717) is 24.4 Å². The number of nitrogen functional groups attached to an aromatic ring is 1. The summed E-state index contributed by atoms with van der Waals surface area (Å²) in [6.45, 7) is 4.03. The summed E-state index contributed by atoms with van der Waals surface area (Å²) >= 11 is 0. The number of nitrogens with one attached hydrogen (secondary N) is 2. The van der Waals surface area contributed by atoms with Crippen LogP contribution in [0.25, 0.3) is 6.08 Å². The number of piperidine rings is 1. The lowest BCUT2D eigenvalue weighted by Gasteiger charge is -2.33. The van der Waals surface area contributed by atoms with Crippen LogP contribution in [0.3, 0.4) is 0 Å². The average Bonchev–Trinajstić information content (AvgIpc) is 2.81. The van der Waals surface area contributed by atoms with Crippen LogP contribution in [-0.4, -0.2) is 48.2 Å². The second kappa shape index (κ2) is 9.90. The van der Waals surface area contributed by atoms with Crippen LogP contribution >= 0.6 is 0 Å². The molecule has 0 saturated carbocycles. The minimum absolute atomic E-state index is 0.0406. The molecule has 4 rings (SSSR count). The van der Waals surface area contributed by atoms with Crippen molar-refractivity contribution in [1.29, 1.82) is 10.8 Å². The number of benzene rings is 2. The smallest absolute Gasteiger partial charge is 0.227 e. The zero-order chi connectivity index (χ0) is 23.4. The number of amides is 1. The molecule has 4 N–H and O–H groups in total. The molecule has 2 heterocycles. The molecule has 0 bridgehead atoms. The van der Waals surface area contributed by atoms with Crippen LogP contribution in [0.4, 0.5) is 5.69 Å². The van der Waals surface area contributed by atoms with E-state index in [1.165, 1.54) is 0 Å². The number of hydrogen-bond acceptors (Lipinski definition) is 4. The maximum Gasteiger partial charge on any atom is 0.227 e. The second-order valence-electron chi connectivity index (χ2n) is 8.63. The molecule has 1 fully saturated rings. The molecule has 0 radical (unpaired) electrons. The average molecular weight is 446 g/mol. The zero-order valence-electron chi connectivity index (χ0n) is 19.0. The molecular weight excluding hydrogens is 414 g/mol. The molecule has 0 atom stereocenters. The minimum atomic E-state index is 0.0406. The number of amidine groups is 2. The highest BCUT2D eigenvalue weighted by atomic mass is 16.5. The van der Waals surface area contributed by atoms with Crippen LogP contribution < -0.4 is 15.4 Å². The largest absolute Gasteiger partial charge is 0.490 e. The molecular formula is C26H31N5O2. The number of likely N-dealkylation sites (tertiary alicyclic amines) is 1. The van der Waals surface area contributed by atoms with Crippen molar-refractivity contribution in [3.8, 4) is 5.75 Å². The third-order valence-corrected chi connectivity index (χ3v) is 6.27. The van der Waals surface area contributed by atoms with Gasteiger partial charge in [-0.3, -0.25) is 15.6 Å². The molecule has 1 amide bonds. The van der Waals surface area contributed by atoms with E-state index in [1.807, 2.05) is 60.4 Å². The summed E-state index contributed by atoms with van der Waals surface area (Å²) in [6.07, 6.45) is 7.11. The SMILES string of the molecule is CC(=N)N1CCC(Oc2ccc3c(c2)CCC(=O)N3C/C=C\c2cccc(C(=N)N)c2)CC1. The maximum atomic E-state index is 12.6. The van der Waals surface area contributed by atoms with Crippen molar-refractivity contribution >= 4 is 29.3 Å². The van der Waals surface area contributed by atoms with Gasteiger partial charge >= 0.3 is 0 Å². The lowest BCUT2D eigenvalue weighted by molar-refractivity contribution is -0.118. The highest BCUT2D eigenvalue weighted by Gasteiger charge is 2.25. The summed E-state index contributed by atoms with van der Waals surface area (Å²) in [5, 5.41) is 15.4. The third-order valence-electron chi connectivity index (χ3n) is 6.27. The van der Waals surface area contributed by atoms with Gasteiger partial charge in [-0.1, -0.05) is 30.4 Å². The van der Waals surface area contributed by atoms with Crippen molar-refractivity contribution in [2.24, 2.45) is 5.73 Å². The van der Waals surface area contributed by atoms with Gasteiger partial charge in [0.05, 0.1) is 5.84 Å². The van der Waals surface area contributed by atoms with Gasteiger partial charge in [0.15, 0.2) is 0 Å². The first-order valence-corrected chi connectivity index (χ1v) is 11.4. The number of fused-ring (bicyclic) bond motifs is 1. The van der Waals surface area contributed by atoms with E-state index in [1.54, 1.807) is 0 Å². The number of rotatable bonds is 6. The molecule has 2 aromatic rings. The van der Waals surface area contributed by atoms with Crippen LogP contribution in [0.2, 0.25) is 0 Å². The minimum Gasteiger partial charge on any atom is -0.490 e. The molecule has 33 heavy (non-hydrogen) atoms. The zero-order valence-corrected chi connectivity index (χ0v) is 19.0. The van der Waals surface area contributed by atoms with Gasteiger partial charge in [0.25, 0.3) is 0 Å². The van der Waals surface area contributed by atoms with Gasteiger partial charge in [-0.25, -0.2) is 0 Å². The number of nitrogens with two attached hydrogens (primary N) is 1. The maximum absolute atomic E-state index is 12.6. The van der Waals surface area contributed by atoms with Crippen molar-refractivity contribution in [3.63, 3.8) is 0 Å². The predicted octanol–water partition coefficient (Wildman–Crippen LogP) is 3.80. The van der Waals surface area contributed by atoms with E-state index in [2.05, 4.69) is 11.0 Å². The first kappa shape index (κ1) is 22.6. The number of anilines is 1. The Morgan fingerprint density at radius 3 is 2.67 bits per heavy atom. The summed E-state index contributed by atoms with van der Waals surface area (Å²) in [4.78, 5) is 16.5. The summed E-state index contributed by atoms with van der Waals surface area (Å²) in [6, 6.07) is 13.5. The Morgan fingerprint density at radius 2 is 1.94 bits per heavy atom. The van der Waals surface area contributed by atoms with Crippen molar-refractivity contribution in [2.45, 2.75) is 38.7 Å². The Hall–Kier alpha value is -3.61. The molecule has 0 aromatic heterocycles. The van der Waals surface area contributed by atoms with Crippen LogP contribution in [0.5, 0.6) is 5.75 Å². The van der Waals surface area contributed by atoms with Crippen molar-refractivity contribution < 1.29 is 9.53 Å². The van der Waals surface area contributed by atoms with Gasteiger partial charge in [0, 0.05) is 50.1 Å². The van der Waals surface area contributed by atoms with E-state index < -0.39 is 0 Å². The van der Waals surface area contributed by atoms with Crippen molar-refractivity contribution in [3.05, 3.63) is 65.2 Å². The fraction of sp³-hybridized carbons (Fsp3) is 0.346. The van der Waals surface area contributed by atoms with E-state index in [-0.39, 0.29) is 17.8 Å². The van der Waals surface area contributed by atoms with Gasteiger partial charge in [-0.2, -0.15) is 0 Å². The van der Waals surface area contributed by atoms with Crippen LogP contribution in [0, 0.1) is 10.8 Å². The summed E-state index contributed by atoms with van der Waals surface area (Å²) in [7, 11) is 0. The molecule has 2 aliphatic heterocycles. The first-order chi connectivity index (χ1) is 15.9. The van der Waals surface area contributed by atoms with Gasteiger partial charge in [-0.05, 0) is 48.7 Å². The van der Waals surface area contributed by atoms with Crippen molar-refractivity contribution in [2.75, 3.05) is 24.5 Å². The van der Waals surface area contributed by atoms with E-state index in [9.17, 15) is 4.79 Å². The monoisotopic (exact) mass is 445 g/mol. The highest BCUT2D eigenvalue weighted by molar-refractivity contribution is 5.97. The molecule has 7 nitrogen and oxygen atoms in total. The van der Waals surface area contributed by atoms with Gasteiger partial charge in [0.2, 0.25) is 5.91 Å². The molecule has 2 aromatic carbocycles. The molecule has 1 saturated heterocycles. The van der Waals surface area contributed by atoms with E-state index in [0.717, 1.165) is 54.9 Å². The topological polar surface area (TPSA) is 107 Å². The van der Waals surface area contributed by atoms with Gasteiger partial charge in [0.1, 0.15) is 17.7 Å². The Labute approximate surface area is 194 Å². The Kier molecular flexibility index (Phi) is 6.77. The predicted molar refractivity (Wildman–Crippen MR) is 132 cm³/mol. The van der Waals surface area contributed by atoms with Gasteiger partial charge in [-0.15, -0.1) is 0 Å². The summed E-state index contributed by atoms with van der Waals surface area (Å²) in [5.74, 6) is 1.63. The Balaban J connectivity index is 1.42. The number of carbonyl (C=O) groups is 1. The summed E-state index contributed by atoms with van der Waals surface area (Å²) < 4.78 is 6.24. The lowest BCUT2D eigenvalue weighted by atomic mass is 10.0. The number of carbonyl (C=O) groups excluding carboxylic acids is 1. The number of aryl methyl sites for hydroxylation is 1. The molecule has 0 spiro atoms.